The molecule has 2 saturated heterocycles. The van der Waals surface area contributed by atoms with Crippen molar-refractivity contribution in [2.75, 3.05) is 44.4 Å². The van der Waals surface area contributed by atoms with Crippen molar-refractivity contribution in [2.24, 2.45) is 0 Å². The van der Waals surface area contributed by atoms with E-state index in [0.29, 0.717) is 25.1 Å². The van der Waals surface area contributed by atoms with Crippen LogP contribution in [0.5, 0.6) is 0 Å². The van der Waals surface area contributed by atoms with Gasteiger partial charge in [-0.3, -0.25) is 9.97 Å². The SMILES string of the molecule is c1cncc(-c2ccn(-c3nc(N4CCOCC4)c4ncc(C5CCOCC5)cc4n3)n2)c1. The Hall–Kier alpha value is -3.43. The van der Waals surface area contributed by atoms with Crippen molar-refractivity contribution in [3.8, 4) is 17.2 Å². The highest BCUT2D eigenvalue weighted by Crippen LogP contribution is 2.31. The third-order valence-electron chi connectivity index (χ3n) is 6.28. The van der Waals surface area contributed by atoms with Crippen LogP contribution in [0.2, 0.25) is 0 Å². The third-order valence-corrected chi connectivity index (χ3v) is 6.28. The molecule has 9 nitrogen and oxygen atoms in total. The van der Waals surface area contributed by atoms with Gasteiger partial charge in [-0.25, -0.2) is 9.67 Å². The third kappa shape index (κ3) is 4.05. The molecule has 0 saturated carbocycles. The van der Waals surface area contributed by atoms with Gasteiger partial charge in [0.05, 0.1) is 24.4 Å². The van der Waals surface area contributed by atoms with E-state index in [1.54, 1.807) is 17.1 Å². The molecule has 6 heterocycles. The van der Waals surface area contributed by atoms with Gasteiger partial charge in [-0.15, -0.1) is 0 Å². The minimum atomic E-state index is 0.447. The normalized spacial score (nSPS) is 17.5. The van der Waals surface area contributed by atoms with Crippen molar-refractivity contribution in [3.05, 3.63) is 54.6 Å². The number of rotatable bonds is 4. The number of anilines is 1. The van der Waals surface area contributed by atoms with Crippen molar-refractivity contribution >= 4 is 16.9 Å². The van der Waals surface area contributed by atoms with E-state index in [9.17, 15) is 0 Å². The molecule has 0 spiro atoms. The van der Waals surface area contributed by atoms with Crippen LogP contribution in [0, 0.1) is 0 Å². The zero-order valence-corrected chi connectivity index (χ0v) is 18.3. The predicted molar refractivity (Wildman–Crippen MR) is 124 cm³/mol. The van der Waals surface area contributed by atoms with Crippen LogP contribution in [0.15, 0.2) is 49.1 Å². The Morgan fingerprint density at radius 3 is 2.61 bits per heavy atom. The second-order valence-corrected chi connectivity index (χ2v) is 8.36. The van der Waals surface area contributed by atoms with Gasteiger partial charge in [-0.05, 0) is 48.6 Å². The molecule has 168 valence electrons. The molecule has 0 aromatic carbocycles. The molecule has 0 atom stereocenters. The summed E-state index contributed by atoms with van der Waals surface area (Å²) < 4.78 is 12.8. The molecule has 0 aliphatic carbocycles. The van der Waals surface area contributed by atoms with Crippen molar-refractivity contribution in [3.63, 3.8) is 0 Å². The molecule has 2 aliphatic rings. The number of fused-ring (bicyclic) bond motifs is 1. The number of hydrogen-bond donors (Lipinski definition) is 0. The Labute approximate surface area is 191 Å². The summed E-state index contributed by atoms with van der Waals surface area (Å²) in [4.78, 5) is 21.0. The molecule has 0 bridgehead atoms. The molecule has 0 N–H and O–H groups in total. The topological polar surface area (TPSA) is 91.1 Å². The van der Waals surface area contributed by atoms with Crippen LogP contribution in [-0.2, 0) is 9.47 Å². The fourth-order valence-electron chi connectivity index (χ4n) is 4.46. The number of nitrogens with zero attached hydrogens (tertiary/aromatic N) is 7. The minimum absolute atomic E-state index is 0.447. The monoisotopic (exact) mass is 443 g/mol. The fraction of sp³-hybridized carbons (Fsp3) is 0.375. The smallest absolute Gasteiger partial charge is 0.253 e. The van der Waals surface area contributed by atoms with E-state index >= 15 is 0 Å². The number of pyridine rings is 2. The van der Waals surface area contributed by atoms with Crippen molar-refractivity contribution in [1.82, 2.24) is 29.7 Å². The fourth-order valence-corrected chi connectivity index (χ4v) is 4.46. The lowest BCUT2D eigenvalue weighted by molar-refractivity contribution is 0.0853. The molecule has 9 heteroatoms. The summed E-state index contributed by atoms with van der Waals surface area (Å²) in [7, 11) is 0. The van der Waals surface area contributed by atoms with E-state index in [1.807, 2.05) is 30.6 Å². The predicted octanol–water partition coefficient (Wildman–Crippen LogP) is 3.00. The molecule has 4 aromatic heterocycles. The lowest BCUT2D eigenvalue weighted by atomic mass is 9.93. The quantitative estimate of drug-likeness (QED) is 0.475. The standard InChI is InChI=1S/C24H25N7O2/c1-2-18(15-25-6-1)20-3-7-31(29-20)24-27-21-14-19(17-4-10-32-11-5-17)16-26-22(21)23(28-24)30-8-12-33-13-9-30/h1-3,6-7,14-17H,4-5,8-13H2. The highest BCUT2D eigenvalue weighted by molar-refractivity contribution is 5.86. The first-order chi connectivity index (χ1) is 16.3. The molecule has 2 fully saturated rings. The second kappa shape index (κ2) is 8.84. The zero-order valence-electron chi connectivity index (χ0n) is 18.3. The van der Waals surface area contributed by atoms with Gasteiger partial charge in [0.25, 0.3) is 5.95 Å². The summed E-state index contributed by atoms with van der Waals surface area (Å²) in [6.45, 7) is 4.48. The van der Waals surface area contributed by atoms with Crippen LogP contribution in [0.4, 0.5) is 5.82 Å². The van der Waals surface area contributed by atoms with Crippen LogP contribution in [0.3, 0.4) is 0 Å². The number of hydrogen-bond acceptors (Lipinski definition) is 8. The summed E-state index contributed by atoms with van der Waals surface area (Å²) in [5.74, 6) is 1.81. The lowest BCUT2D eigenvalue weighted by Crippen LogP contribution is -2.37. The maximum absolute atomic E-state index is 5.56. The van der Waals surface area contributed by atoms with Gasteiger partial charge in [0.1, 0.15) is 5.52 Å². The first kappa shape index (κ1) is 20.2. The van der Waals surface area contributed by atoms with Crippen LogP contribution in [-0.4, -0.2) is 69.2 Å². The molecule has 0 amide bonds. The number of ether oxygens (including phenoxy) is 2. The van der Waals surface area contributed by atoms with E-state index in [0.717, 1.165) is 67.3 Å². The van der Waals surface area contributed by atoms with E-state index in [2.05, 4.69) is 16.0 Å². The van der Waals surface area contributed by atoms with Gasteiger partial charge in [0.15, 0.2) is 5.82 Å². The average Bonchev–Trinajstić information content (AvgIpc) is 3.40. The average molecular weight is 444 g/mol. The van der Waals surface area contributed by atoms with E-state index in [4.69, 9.17) is 29.5 Å². The zero-order chi connectivity index (χ0) is 22.0. The summed E-state index contributed by atoms with van der Waals surface area (Å²) in [6, 6.07) is 8.01. The van der Waals surface area contributed by atoms with E-state index < -0.39 is 0 Å². The number of aromatic nitrogens is 6. The summed E-state index contributed by atoms with van der Waals surface area (Å²) >= 11 is 0. The molecule has 33 heavy (non-hydrogen) atoms. The summed E-state index contributed by atoms with van der Waals surface area (Å²) in [5, 5.41) is 4.73. The molecule has 2 aliphatic heterocycles. The highest BCUT2D eigenvalue weighted by atomic mass is 16.5. The minimum Gasteiger partial charge on any atom is -0.381 e. The Morgan fingerprint density at radius 2 is 1.79 bits per heavy atom. The van der Waals surface area contributed by atoms with E-state index in [1.165, 1.54) is 5.56 Å². The summed E-state index contributed by atoms with van der Waals surface area (Å²) in [6.07, 6.45) is 9.45. The van der Waals surface area contributed by atoms with Crippen LogP contribution < -0.4 is 4.90 Å². The number of morpholine rings is 1. The molecule has 0 radical (unpaired) electrons. The Morgan fingerprint density at radius 1 is 0.939 bits per heavy atom. The van der Waals surface area contributed by atoms with Crippen molar-refractivity contribution < 1.29 is 9.47 Å². The first-order valence-electron chi connectivity index (χ1n) is 11.4. The Bertz CT molecular complexity index is 1250. The van der Waals surface area contributed by atoms with E-state index in [-0.39, 0.29) is 0 Å². The van der Waals surface area contributed by atoms with Gasteiger partial charge in [-0.1, -0.05) is 0 Å². The van der Waals surface area contributed by atoms with Gasteiger partial charge < -0.3 is 14.4 Å². The largest absolute Gasteiger partial charge is 0.381 e. The molecule has 0 unspecified atom stereocenters. The summed E-state index contributed by atoms with van der Waals surface area (Å²) in [5.41, 5.74) is 4.64. The Kier molecular flexibility index (Phi) is 5.41. The van der Waals surface area contributed by atoms with Gasteiger partial charge in [0, 0.05) is 56.7 Å². The van der Waals surface area contributed by atoms with Crippen molar-refractivity contribution in [1.29, 1.82) is 0 Å². The molecular weight excluding hydrogens is 418 g/mol. The van der Waals surface area contributed by atoms with Crippen LogP contribution in [0.25, 0.3) is 28.2 Å². The molecule has 4 aromatic rings. The molecular formula is C24H25N7O2. The first-order valence-corrected chi connectivity index (χ1v) is 11.4. The Balaban J connectivity index is 1.44. The van der Waals surface area contributed by atoms with Gasteiger partial charge in [-0.2, -0.15) is 10.1 Å². The van der Waals surface area contributed by atoms with Crippen molar-refractivity contribution in [2.45, 2.75) is 18.8 Å². The van der Waals surface area contributed by atoms with Gasteiger partial charge in [0.2, 0.25) is 0 Å². The van der Waals surface area contributed by atoms with Crippen LogP contribution in [0.1, 0.15) is 24.3 Å². The van der Waals surface area contributed by atoms with Crippen LogP contribution >= 0.6 is 0 Å². The second-order valence-electron chi connectivity index (χ2n) is 8.36. The highest BCUT2D eigenvalue weighted by Gasteiger charge is 2.22. The molecule has 6 rings (SSSR count). The van der Waals surface area contributed by atoms with Gasteiger partial charge >= 0.3 is 0 Å². The maximum atomic E-state index is 5.56. The lowest BCUT2D eigenvalue weighted by Gasteiger charge is -2.28. The maximum Gasteiger partial charge on any atom is 0.253 e.